The van der Waals surface area contributed by atoms with Crippen molar-refractivity contribution in [3.8, 4) is 5.75 Å². The van der Waals surface area contributed by atoms with Crippen LogP contribution in [0.3, 0.4) is 0 Å². The highest BCUT2D eigenvalue weighted by Gasteiger charge is 2.31. The molecule has 0 bridgehead atoms. The SMILES string of the molecule is CC(C)(C)Cc1nnc(NS(=O)(=O)c2ccc3c(c2)CC(C)(C)O3)o1. The first-order chi connectivity index (χ1) is 11.4. The van der Waals surface area contributed by atoms with E-state index in [1.54, 1.807) is 12.1 Å². The van der Waals surface area contributed by atoms with E-state index in [9.17, 15) is 8.42 Å². The minimum Gasteiger partial charge on any atom is -0.487 e. The summed E-state index contributed by atoms with van der Waals surface area (Å²) in [4.78, 5) is 0.142. The van der Waals surface area contributed by atoms with Crippen molar-refractivity contribution < 1.29 is 17.6 Å². The summed E-state index contributed by atoms with van der Waals surface area (Å²) in [5, 5.41) is 7.67. The van der Waals surface area contributed by atoms with Crippen molar-refractivity contribution in [1.29, 1.82) is 0 Å². The zero-order valence-corrected chi connectivity index (χ0v) is 15.9. The Labute approximate surface area is 147 Å². The van der Waals surface area contributed by atoms with Crippen molar-refractivity contribution >= 4 is 16.0 Å². The van der Waals surface area contributed by atoms with E-state index in [0.717, 1.165) is 5.56 Å². The lowest BCUT2D eigenvalue weighted by atomic mass is 9.92. The van der Waals surface area contributed by atoms with Crippen LogP contribution in [0.25, 0.3) is 0 Å². The highest BCUT2D eigenvalue weighted by Crippen LogP contribution is 2.36. The lowest BCUT2D eigenvalue weighted by Gasteiger charge is -2.16. The highest BCUT2D eigenvalue weighted by molar-refractivity contribution is 7.92. The molecule has 1 aromatic heterocycles. The second kappa shape index (κ2) is 5.72. The largest absolute Gasteiger partial charge is 0.487 e. The zero-order chi connectivity index (χ0) is 18.5. The van der Waals surface area contributed by atoms with Crippen molar-refractivity contribution in [2.75, 3.05) is 4.72 Å². The molecule has 0 atom stereocenters. The van der Waals surface area contributed by atoms with Crippen LogP contribution in [0.4, 0.5) is 6.01 Å². The van der Waals surface area contributed by atoms with Gasteiger partial charge in [0.05, 0.1) is 4.90 Å². The van der Waals surface area contributed by atoms with E-state index in [0.29, 0.717) is 24.5 Å². The summed E-state index contributed by atoms with van der Waals surface area (Å²) in [6.07, 6.45) is 1.22. The number of benzene rings is 1. The van der Waals surface area contributed by atoms with E-state index in [1.165, 1.54) is 6.07 Å². The third-order valence-electron chi connectivity index (χ3n) is 3.71. The molecule has 0 saturated carbocycles. The number of nitrogens with one attached hydrogen (secondary N) is 1. The molecule has 2 heterocycles. The van der Waals surface area contributed by atoms with Crippen LogP contribution in [0.2, 0.25) is 0 Å². The topological polar surface area (TPSA) is 94.3 Å². The first-order valence-electron chi connectivity index (χ1n) is 8.11. The van der Waals surface area contributed by atoms with Crippen molar-refractivity contribution in [2.45, 2.75) is 58.0 Å². The summed E-state index contributed by atoms with van der Waals surface area (Å²) in [6, 6.07) is 4.68. The molecule has 0 radical (unpaired) electrons. The van der Waals surface area contributed by atoms with Gasteiger partial charge in [-0.3, -0.25) is 0 Å². The van der Waals surface area contributed by atoms with Crippen molar-refractivity contribution in [2.24, 2.45) is 5.41 Å². The number of hydrogen-bond acceptors (Lipinski definition) is 6. The molecule has 0 amide bonds. The number of sulfonamides is 1. The Hall–Kier alpha value is -2.09. The molecule has 1 aliphatic heterocycles. The fourth-order valence-corrected chi connectivity index (χ4v) is 3.72. The molecule has 0 saturated heterocycles. The van der Waals surface area contributed by atoms with Gasteiger partial charge in [-0.25, -0.2) is 13.1 Å². The third kappa shape index (κ3) is 4.12. The predicted octanol–water partition coefficient (Wildman–Crippen LogP) is 3.17. The molecule has 25 heavy (non-hydrogen) atoms. The summed E-state index contributed by atoms with van der Waals surface area (Å²) in [5.74, 6) is 1.11. The van der Waals surface area contributed by atoms with E-state index in [2.05, 4.69) is 14.9 Å². The molecular weight excluding hydrogens is 342 g/mol. The van der Waals surface area contributed by atoms with Gasteiger partial charge < -0.3 is 9.15 Å². The molecule has 2 aromatic rings. The average molecular weight is 365 g/mol. The molecule has 1 N–H and O–H groups in total. The van der Waals surface area contributed by atoms with Gasteiger partial charge in [0.2, 0.25) is 5.89 Å². The Balaban J connectivity index is 1.79. The maximum absolute atomic E-state index is 12.6. The molecule has 7 nitrogen and oxygen atoms in total. The number of hydrogen-bond donors (Lipinski definition) is 1. The van der Waals surface area contributed by atoms with E-state index < -0.39 is 10.0 Å². The molecule has 1 aromatic carbocycles. The number of anilines is 1. The number of rotatable bonds is 4. The van der Waals surface area contributed by atoms with Gasteiger partial charge in [0, 0.05) is 12.8 Å². The van der Waals surface area contributed by atoms with Crippen LogP contribution in [0, 0.1) is 5.41 Å². The molecule has 0 spiro atoms. The van der Waals surface area contributed by atoms with Crippen molar-refractivity contribution in [3.05, 3.63) is 29.7 Å². The zero-order valence-electron chi connectivity index (χ0n) is 15.1. The summed E-state index contributed by atoms with van der Waals surface area (Å²) in [6.45, 7) is 10.0. The molecule has 1 aliphatic rings. The van der Waals surface area contributed by atoms with Gasteiger partial charge in [0.1, 0.15) is 11.4 Å². The first-order valence-corrected chi connectivity index (χ1v) is 9.59. The maximum atomic E-state index is 12.6. The van der Waals surface area contributed by atoms with Crippen LogP contribution in [0.15, 0.2) is 27.5 Å². The Morgan fingerprint density at radius 2 is 1.96 bits per heavy atom. The van der Waals surface area contributed by atoms with E-state index in [4.69, 9.17) is 9.15 Å². The average Bonchev–Trinajstić information content (AvgIpc) is 2.97. The van der Waals surface area contributed by atoms with E-state index in [-0.39, 0.29) is 21.9 Å². The Morgan fingerprint density at radius 1 is 1.24 bits per heavy atom. The van der Waals surface area contributed by atoms with Crippen molar-refractivity contribution in [3.63, 3.8) is 0 Å². The Bertz CT molecular complexity index is 895. The van der Waals surface area contributed by atoms with Crippen LogP contribution in [-0.2, 0) is 22.9 Å². The third-order valence-corrected chi connectivity index (χ3v) is 5.03. The first kappa shape index (κ1) is 17.7. The highest BCUT2D eigenvalue weighted by atomic mass is 32.2. The number of fused-ring (bicyclic) bond motifs is 1. The van der Waals surface area contributed by atoms with Gasteiger partial charge in [-0.1, -0.05) is 25.9 Å². The fourth-order valence-electron chi connectivity index (χ4n) is 2.75. The Kier molecular flexibility index (Phi) is 4.06. The summed E-state index contributed by atoms with van der Waals surface area (Å²) >= 11 is 0. The van der Waals surface area contributed by atoms with Crippen LogP contribution in [0.5, 0.6) is 5.75 Å². The molecular formula is C17H23N3O4S. The van der Waals surface area contributed by atoms with Gasteiger partial charge in [0.15, 0.2) is 0 Å². The van der Waals surface area contributed by atoms with Crippen LogP contribution < -0.4 is 9.46 Å². The van der Waals surface area contributed by atoms with E-state index >= 15 is 0 Å². The van der Waals surface area contributed by atoms with Gasteiger partial charge in [0.25, 0.3) is 10.0 Å². The fraction of sp³-hybridized carbons (Fsp3) is 0.529. The monoisotopic (exact) mass is 365 g/mol. The minimum absolute atomic E-state index is 0.0323. The van der Waals surface area contributed by atoms with Gasteiger partial charge >= 0.3 is 6.01 Å². The minimum atomic E-state index is -3.80. The molecule has 8 heteroatoms. The lowest BCUT2D eigenvalue weighted by molar-refractivity contribution is 0.138. The Morgan fingerprint density at radius 3 is 2.64 bits per heavy atom. The standard InChI is InChI=1S/C17H23N3O4S/c1-16(2,3)10-14-18-19-15(23-14)20-25(21,22)12-6-7-13-11(8-12)9-17(4,5)24-13/h6-8H,9-10H2,1-5H3,(H,19,20). The number of aromatic nitrogens is 2. The molecule has 0 fully saturated rings. The molecule has 3 rings (SSSR count). The van der Waals surface area contributed by atoms with E-state index in [1.807, 2.05) is 34.6 Å². The number of nitrogens with zero attached hydrogens (tertiary/aromatic N) is 2. The number of ether oxygens (including phenoxy) is 1. The summed E-state index contributed by atoms with van der Waals surface area (Å²) in [5.41, 5.74) is 0.508. The maximum Gasteiger partial charge on any atom is 0.329 e. The molecule has 0 aliphatic carbocycles. The summed E-state index contributed by atoms with van der Waals surface area (Å²) < 4.78 is 38.7. The normalized spacial score (nSPS) is 16.4. The second-order valence-electron chi connectivity index (χ2n) is 8.15. The van der Waals surface area contributed by atoms with Crippen LogP contribution >= 0.6 is 0 Å². The molecule has 0 unspecified atom stereocenters. The van der Waals surface area contributed by atoms with Gasteiger partial charge in [-0.05, 0) is 43.0 Å². The second-order valence-corrected chi connectivity index (χ2v) is 9.83. The van der Waals surface area contributed by atoms with Crippen LogP contribution in [0.1, 0.15) is 46.1 Å². The predicted molar refractivity (Wildman–Crippen MR) is 93.1 cm³/mol. The van der Waals surface area contributed by atoms with Gasteiger partial charge in [-0.15, -0.1) is 5.10 Å². The lowest BCUT2D eigenvalue weighted by Crippen LogP contribution is -2.24. The molecule has 136 valence electrons. The van der Waals surface area contributed by atoms with Gasteiger partial charge in [-0.2, -0.15) is 0 Å². The quantitative estimate of drug-likeness (QED) is 0.894. The van der Waals surface area contributed by atoms with Crippen molar-refractivity contribution in [1.82, 2.24) is 10.2 Å². The summed E-state index contributed by atoms with van der Waals surface area (Å²) in [7, 11) is -3.80. The van der Waals surface area contributed by atoms with Crippen LogP contribution in [-0.4, -0.2) is 24.2 Å². The smallest absolute Gasteiger partial charge is 0.329 e.